The Balaban J connectivity index is 1.95. The number of amides is 1. The van der Waals surface area contributed by atoms with E-state index in [0.29, 0.717) is 0 Å². The molecule has 0 N–H and O–H groups in total. The smallest absolute Gasteiger partial charge is 0.246 e. The van der Waals surface area contributed by atoms with Gasteiger partial charge in [-0.3, -0.25) is 4.79 Å². The minimum atomic E-state index is 0.0327. The molecule has 0 saturated carbocycles. The first-order chi connectivity index (χ1) is 9.74. The van der Waals surface area contributed by atoms with Gasteiger partial charge < -0.3 is 14.4 Å². The molecule has 0 aromatic heterocycles. The largest absolute Gasteiger partial charge is 0.454 e. The highest BCUT2D eigenvalue weighted by Crippen LogP contribution is 2.32. The molecule has 0 saturated heterocycles. The molecule has 1 aliphatic heterocycles. The summed E-state index contributed by atoms with van der Waals surface area (Å²) < 4.78 is 10.6. The standard InChI is InChI=1S/C16H19NO3/c1-3-17(4-2)16(18)8-6-5-7-13-9-10-14-15(11-13)20-12-19-14/h5-11H,3-4,12H2,1-2H3/b7-5+,8-6+. The summed E-state index contributed by atoms with van der Waals surface area (Å²) in [5, 5.41) is 0. The first-order valence-corrected chi connectivity index (χ1v) is 6.78. The summed E-state index contributed by atoms with van der Waals surface area (Å²) in [5.74, 6) is 1.56. The lowest BCUT2D eigenvalue weighted by Gasteiger charge is -2.15. The van der Waals surface area contributed by atoms with E-state index in [-0.39, 0.29) is 12.7 Å². The third-order valence-corrected chi connectivity index (χ3v) is 3.11. The molecular weight excluding hydrogens is 254 g/mol. The van der Waals surface area contributed by atoms with Crippen molar-refractivity contribution in [1.29, 1.82) is 0 Å². The number of carbonyl (C=O) groups excluding carboxylic acids is 1. The van der Waals surface area contributed by atoms with Crippen LogP contribution in [0.2, 0.25) is 0 Å². The number of rotatable bonds is 5. The quantitative estimate of drug-likeness (QED) is 0.611. The average Bonchev–Trinajstić information content (AvgIpc) is 2.92. The van der Waals surface area contributed by atoms with Gasteiger partial charge >= 0.3 is 0 Å². The minimum Gasteiger partial charge on any atom is -0.454 e. The third kappa shape index (κ3) is 3.41. The fourth-order valence-corrected chi connectivity index (χ4v) is 1.96. The Labute approximate surface area is 119 Å². The topological polar surface area (TPSA) is 38.8 Å². The summed E-state index contributed by atoms with van der Waals surface area (Å²) in [5.41, 5.74) is 1.01. The maximum absolute atomic E-state index is 11.7. The summed E-state index contributed by atoms with van der Waals surface area (Å²) in [4.78, 5) is 13.5. The second kappa shape index (κ2) is 6.80. The van der Waals surface area contributed by atoms with Gasteiger partial charge in [-0.2, -0.15) is 0 Å². The summed E-state index contributed by atoms with van der Waals surface area (Å²) in [6.07, 6.45) is 7.11. The van der Waals surface area contributed by atoms with Crippen LogP contribution in [0.15, 0.2) is 36.4 Å². The van der Waals surface area contributed by atoms with Gasteiger partial charge in [0.15, 0.2) is 11.5 Å². The molecule has 20 heavy (non-hydrogen) atoms. The van der Waals surface area contributed by atoms with E-state index >= 15 is 0 Å². The van der Waals surface area contributed by atoms with Gasteiger partial charge in [0.05, 0.1) is 0 Å². The Morgan fingerprint density at radius 2 is 1.95 bits per heavy atom. The van der Waals surface area contributed by atoms with E-state index in [1.165, 1.54) is 0 Å². The van der Waals surface area contributed by atoms with Crippen molar-refractivity contribution < 1.29 is 14.3 Å². The lowest BCUT2D eigenvalue weighted by Crippen LogP contribution is -2.28. The minimum absolute atomic E-state index is 0.0327. The molecule has 4 nitrogen and oxygen atoms in total. The van der Waals surface area contributed by atoms with Gasteiger partial charge in [0.2, 0.25) is 12.7 Å². The molecule has 0 aliphatic carbocycles. The van der Waals surface area contributed by atoms with Crippen LogP contribution in [-0.2, 0) is 4.79 Å². The third-order valence-electron chi connectivity index (χ3n) is 3.11. The molecule has 106 valence electrons. The van der Waals surface area contributed by atoms with E-state index < -0.39 is 0 Å². The van der Waals surface area contributed by atoms with Gasteiger partial charge in [0.1, 0.15) is 0 Å². The van der Waals surface area contributed by atoms with Crippen molar-refractivity contribution in [3.05, 3.63) is 42.0 Å². The Hall–Kier alpha value is -2.23. The van der Waals surface area contributed by atoms with Gasteiger partial charge in [-0.05, 0) is 31.5 Å². The van der Waals surface area contributed by atoms with Crippen molar-refractivity contribution >= 4 is 12.0 Å². The number of likely N-dealkylation sites (N-methyl/N-ethyl adjacent to an activating group) is 1. The van der Waals surface area contributed by atoms with Gasteiger partial charge in [0, 0.05) is 19.2 Å². The van der Waals surface area contributed by atoms with E-state index in [1.807, 2.05) is 44.2 Å². The van der Waals surface area contributed by atoms with Gasteiger partial charge in [-0.25, -0.2) is 0 Å². The molecule has 4 heteroatoms. The number of fused-ring (bicyclic) bond motifs is 1. The van der Waals surface area contributed by atoms with Crippen LogP contribution in [0.5, 0.6) is 11.5 Å². The summed E-state index contributed by atoms with van der Waals surface area (Å²) in [6.45, 7) is 5.67. The number of hydrogen-bond acceptors (Lipinski definition) is 3. The van der Waals surface area contributed by atoms with Gasteiger partial charge in [0.25, 0.3) is 0 Å². The van der Waals surface area contributed by atoms with E-state index in [2.05, 4.69) is 0 Å². The Bertz CT molecular complexity index is 531. The lowest BCUT2D eigenvalue weighted by atomic mass is 10.2. The van der Waals surface area contributed by atoms with E-state index in [1.54, 1.807) is 17.1 Å². The van der Waals surface area contributed by atoms with Crippen molar-refractivity contribution in [3.63, 3.8) is 0 Å². The van der Waals surface area contributed by atoms with Crippen molar-refractivity contribution in [2.24, 2.45) is 0 Å². The van der Waals surface area contributed by atoms with E-state index in [9.17, 15) is 4.79 Å². The molecule has 0 radical (unpaired) electrons. The number of nitrogens with zero attached hydrogens (tertiary/aromatic N) is 1. The summed E-state index contributed by atoms with van der Waals surface area (Å²) in [6, 6.07) is 5.75. The fourth-order valence-electron chi connectivity index (χ4n) is 1.96. The second-order valence-electron chi connectivity index (χ2n) is 4.34. The maximum Gasteiger partial charge on any atom is 0.246 e. The molecule has 0 fully saturated rings. The Morgan fingerprint density at radius 3 is 2.70 bits per heavy atom. The molecular formula is C16H19NO3. The van der Waals surface area contributed by atoms with Crippen molar-refractivity contribution in [2.75, 3.05) is 19.9 Å². The van der Waals surface area contributed by atoms with Crippen LogP contribution in [0, 0.1) is 0 Å². The van der Waals surface area contributed by atoms with Crippen LogP contribution in [-0.4, -0.2) is 30.7 Å². The zero-order valence-corrected chi connectivity index (χ0v) is 11.8. The normalized spacial score (nSPS) is 13.3. The Kier molecular flexibility index (Phi) is 4.82. The highest BCUT2D eigenvalue weighted by molar-refractivity contribution is 5.88. The molecule has 0 bridgehead atoms. The number of allylic oxidation sites excluding steroid dienone is 2. The van der Waals surface area contributed by atoms with Crippen molar-refractivity contribution in [3.8, 4) is 11.5 Å². The monoisotopic (exact) mass is 273 g/mol. The fraction of sp³-hybridized carbons (Fsp3) is 0.312. The van der Waals surface area contributed by atoms with Crippen molar-refractivity contribution in [1.82, 2.24) is 4.90 Å². The van der Waals surface area contributed by atoms with E-state index in [0.717, 1.165) is 30.2 Å². The zero-order chi connectivity index (χ0) is 14.4. The number of hydrogen-bond donors (Lipinski definition) is 0. The zero-order valence-electron chi connectivity index (χ0n) is 11.8. The molecule has 1 heterocycles. The molecule has 0 atom stereocenters. The molecule has 1 aromatic carbocycles. The van der Waals surface area contributed by atoms with Crippen LogP contribution in [0.1, 0.15) is 19.4 Å². The highest BCUT2D eigenvalue weighted by Gasteiger charge is 2.11. The van der Waals surface area contributed by atoms with Crippen LogP contribution < -0.4 is 9.47 Å². The van der Waals surface area contributed by atoms with Crippen molar-refractivity contribution in [2.45, 2.75) is 13.8 Å². The first-order valence-electron chi connectivity index (χ1n) is 6.78. The SMILES string of the molecule is CCN(CC)C(=O)/C=C/C=C/c1ccc2c(c1)OCO2. The average molecular weight is 273 g/mol. The molecule has 2 rings (SSSR count). The molecule has 1 aromatic rings. The van der Waals surface area contributed by atoms with E-state index in [4.69, 9.17) is 9.47 Å². The molecule has 1 aliphatic rings. The molecule has 1 amide bonds. The number of ether oxygens (including phenoxy) is 2. The van der Waals surface area contributed by atoms with Crippen LogP contribution >= 0.6 is 0 Å². The summed E-state index contributed by atoms with van der Waals surface area (Å²) in [7, 11) is 0. The lowest BCUT2D eigenvalue weighted by molar-refractivity contribution is -0.125. The summed E-state index contributed by atoms with van der Waals surface area (Å²) >= 11 is 0. The van der Waals surface area contributed by atoms with Crippen LogP contribution in [0.3, 0.4) is 0 Å². The predicted molar refractivity (Wildman–Crippen MR) is 78.7 cm³/mol. The van der Waals surface area contributed by atoms with Gasteiger partial charge in [-0.15, -0.1) is 0 Å². The molecule has 0 unspecified atom stereocenters. The second-order valence-corrected chi connectivity index (χ2v) is 4.34. The maximum atomic E-state index is 11.7. The number of benzene rings is 1. The predicted octanol–water partition coefficient (Wildman–Crippen LogP) is 2.85. The van der Waals surface area contributed by atoms with Gasteiger partial charge in [-0.1, -0.05) is 24.3 Å². The molecule has 0 spiro atoms. The number of carbonyl (C=O) groups is 1. The Morgan fingerprint density at radius 1 is 1.20 bits per heavy atom. The van der Waals surface area contributed by atoms with Crippen LogP contribution in [0.4, 0.5) is 0 Å². The first kappa shape index (κ1) is 14.2. The highest BCUT2D eigenvalue weighted by atomic mass is 16.7. The van der Waals surface area contributed by atoms with Crippen LogP contribution in [0.25, 0.3) is 6.08 Å².